The second kappa shape index (κ2) is 7.21. The van der Waals surface area contributed by atoms with Gasteiger partial charge in [0.05, 0.1) is 6.61 Å². The van der Waals surface area contributed by atoms with Crippen LogP contribution in [0.5, 0.6) is 5.75 Å². The first-order valence-corrected chi connectivity index (χ1v) is 9.06. The third-order valence-corrected chi connectivity index (χ3v) is 5.07. The Kier molecular flexibility index (Phi) is 5.55. The van der Waals surface area contributed by atoms with E-state index in [0.717, 1.165) is 5.56 Å². The Morgan fingerprint density at radius 1 is 1.36 bits per heavy atom. The fourth-order valence-corrected chi connectivity index (χ4v) is 3.88. The van der Waals surface area contributed by atoms with Gasteiger partial charge in [0.15, 0.2) is 0 Å². The summed E-state index contributed by atoms with van der Waals surface area (Å²) in [6, 6.07) is 8.11. The summed E-state index contributed by atoms with van der Waals surface area (Å²) >= 11 is 3.29. The molecule has 22 heavy (non-hydrogen) atoms. The van der Waals surface area contributed by atoms with Gasteiger partial charge in [0, 0.05) is 22.9 Å². The van der Waals surface area contributed by atoms with E-state index in [4.69, 9.17) is 4.74 Å². The molecule has 2 aromatic rings. The first kappa shape index (κ1) is 16.9. The van der Waals surface area contributed by atoms with Gasteiger partial charge in [-0.2, -0.15) is 0 Å². The highest BCUT2D eigenvalue weighted by atomic mass is 79.9. The topological polar surface area (TPSA) is 68.3 Å². The van der Waals surface area contributed by atoms with E-state index in [-0.39, 0.29) is 4.90 Å². The normalized spacial score (nSPS) is 12.9. The lowest BCUT2D eigenvalue weighted by molar-refractivity contribution is 0.331. The van der Waals surface area contributed by atoms with Crippen LogP contribution >= 0.6 is 15.9 Å². The van der Waals surface area contributed by atoms with Crippen molar-refractivity contribution in [1.29, 1.82) is 0 Å². The van der Waals surface area contributed by atoms with Crippen molar-refractivity contribution in [1.82, 2.24) is 9.71 Å². The molecule has 0 saturated heterocycles. The lowest BCUT2D eigenvalue weighted by atomic mass is 10.2. The largest absolute Gasteiger partial charge is 0.492 e. The van der Waals surface area contributed by atoms with Gasteiger partial charge in [0.1, 0.15) is 10.6 Å². The number of nitrogens with one attached hydrogen (secondary N) is 1. The van der Waals surface area contributed by atoms with Gasteiger partial charge in [-0.1, -0.05) is 22.0 Å². The summed E-state index contributed by atoms with van der Waals surface area (Å²) in [4.78, 5) is 4.11. The number of hydrogen-bond donors (Lipinski definition) is 1. The van der Waals surface area contributed by atoms with Gasteiger partial charge < -0.3 is 4.74 Å². The highest BCUT2D eigenvalue weighted by Crippen LogP contribution is 2.28. The Hall–Kier alpha value is -1.44. The van der Waals surface area contributed by atoms with Crippen molar-refractivity contribution in [2.75, 3.05) is 6.61 Å². The van der Waals surface area contributed by atoms with E-state index in [9.17, 15) is 8.42 Å². The summed E-state index contributed by atoms with van der Waals surface area (Å²) in [5.41, 5.74) is 0.791. The van der Waals surface area contributed by atoms with Crippen molar-refractivity contribution in [3.8, 4) is 5.75 Å². The average Bonchev–Trinajstić information content (AvgIpc) is 2.49. The quantitative estimate of drug-likeness (QED) is 0.829. The number of sulfonamides is 1. The van der Waals surface area contributed by atoms with Crippen LogP contribution in [-0.2, 0) is 10.0 Å². The average molecular weight is 385 g/mol. The van der Waals surface area contributed by atoms with Crippen molar-refractivity contribution < 1.29 is 13.2 Å². The first-order valence-electron chi connectivity index (χ1n) is 6.78. The van der Waals surface area contributed by atoms with E-state index in [1.54, 1.807) is 37.5 Å². The minimum absolute atomic E-state index is 0.111. The van der Waals surface area contributed by atoms with Gasteiger partial charge in [0.25, 0.3) is 0 Å². The van der Waals surface area contributed by atoms with Crippen LogP contribution in [0, 0.1) is 0 Å². The monoisotopic (exact) mass is 384 g/mol. The summed E-state index contributed by atoms with van der Waals surface area (Å²) in [6.45, 7) is 3.97. The number of rotatable bonds is 6. The van der Waals surface area contributed by atoms with Gasteiger partial charge in [-0.15, -0.1) is 0 Å². The van der Waals surface area contributed by atoms with Crippen molar-refractivity contribution in [2.45, 2.75) is 24.8 Å². The predicted octanol–water partition coefficient (Wildman–Crippen LogP) is 3.28. The second-order valence-electron chi connectivity index (χ2n) is 4.65. The maximum absolute atomic E-state index is 12.6. The number of nitrogens with zero attached hydrogens (tertiary/aromatic N) is 1. The molecule has 1 N–H and O–H groups in total. The molecule has 7 heteroatoms. The summed E-state index contributed by atoms with van der Waals surface area (Å²) < 4.78 is 34.0. The standard InChI is InChI=1S/C15H17BrN2O3S/c1-3-21-14-7-6-13(16)9-15(14)22(19,20)18-11(2)12-5-4-8-17-10-12/h4-11,18H,3H2,1-2H3/t11-/m0/s1. The van der Waals surface area contributed by atoms with E-state index in [0.29, 0.717) is 16.8 Å². The predicted molar refractivity (Wildman–Crippen MR) is 88.3 cm³/mol. The third-order valence-electron chi connectivity index (χ3n) is 3.01. The van der Waals surface area contributed by atoms with Crippen LogP contribution in [-0.4, -0.2) is 20.0 Å². The Labute approximate surface area is 138 Å². The minimum atomic E-state index is -3.72. The molecule has 0 amide bonds. The molecule has 0 fully saturated rings. The zero-order chi connectivity index (χ0) is 16.2. The number of benzene rings is 1. The SMILES string of the molecule is CCOc1ccc(Br)cc1S(=O)(=O)N[C@@H](C)c1cccnc1. The molecule has 5 nitrogen and oxygen atoms in total. The zero-order valence-electron chi connectivity index (χ0n) is 12.3. The van der Waals surface area contributed by atoms with Crippen LogP contribution in [0.4, 0.5) is 0 Å². The van der Waals surface area contributed by atoms with Crippen molar-refractivity contribution in [2.24, 2.45) is 0 Å². The lowest BCUT2D eigenvalue weighted by Crippen LogP contribution is -2.27. The fraction of sp³-hybridized carbons (Fsp3) is 0.267. The number of pyridine rings is 1. The lowest BCUT2D eigenvalue weighted by Gasteiger charge is -2.16. The molecule has 0 radical (unpaired) electrons. The molecule has 118 valence electrons. The molecule has 0 aliphatic carbocycles. The van der Waals surface area contributed by atoms with Gasteiger partial charge in [-0.25, -0.2) is 13.1 Å². The molecular weight excluding hydrogens is 368 g/mol. The van der Waals surface area contributed by atoms with Gasteiger partial charge in [0.2, 0.25) is 10.0 Å². The van der Waals surface area contributed by atoms with Crippen molar-refractivity contribution in [3.63, 3.8) is 0 Å². The number of ether oxygens (including phenoxy) is 1. The van der Waals surface area contributed by atoms with E-state index >= 15 is 0 Å². The summed E-state index contributed by atoms with van der Waals surface area (Å²) in [5, 5.41) is 0. The number of hydrogen-bond acceptors (Lipinski definition) is 4. The Morgan fingerprint density at radius 3 is 2.77 bits per heavy atom. The molecule has 0 aliphatic heterocycles. The highest BCUT2D eigenvalue weighted by Gasteiger charge is 2.23. The van der Waals surface area contributed by atoms with Crippen LogP contribution in [0.15, 0.2) is 52.1 Å². The maximum atomic E-state index is 12.6. The Balaban J connectivity index is 2.32. The number of aromatic nitrogens is 1. The van der Waals surface area contributed by atoms with E-state index in [1.807, 2.05) is 13.0 Å². The van der Waals surface area contributed by atoms with Gasteiger partial charge in [-0.3, -0.25) is 4.98 Å². The van der Waals surface area contributed by atoms with Crippen LogP contribution < -0.4 is 9.46 Å². The fourth-order valence-electron chi connectivity index (χ4n) is 1.96. The van der Waals surface area contributed by atoms with Crippen molar-refractivity contribution in [3.05, 3.63) is 52.8 Å². The van der Waals surface area contributed by atoms with E-state index < -0.39 is 16.1 Å². The summed E-state index contributed by atoms with van der Waals surface area (Å²) in [5.74, 6) is 0.330. The van der Waals surface area contributed by atoms with Crippen LogP contribution in [0.1, 0.15) is 25.5 Å². The molecule has 2 rings (SSSR count). The first-order chi connectivity index (χ1) is 10.4. The summed E-state index contributed by atoms with van der Waals surface area (Å²) in [7, 11) is -3.72. The maximum Gasteiger partial charge on any atom is 0.244 e. The Morgan fingerprint density at radius 2 is 2.14 bits per heavy atom. The smallest absolute Gasteiger partial charge is 0.244 e. The molecule has 0 spiro atoms. The third kappa shape index (κ3) is 4.06. The minimum Gasteiger partial charge on any atom is -0.492 e. The van der Waals surface area contributed by atoms with Crippen LogP contribution in [0.2, 0.25) is 0 Å². The highest BCUT2D eigenvalue weighted by molar-refractivity contribution is 9.10. The molecule has 0 saturated carbocycles. The number of halogens is 1. The summed E-state index contributed by atoms with van der Waals surface area (Å²) in [6.07, 6.45) is 3.28. The molecule has 1 atom stereocenters. The van der Waals surface area contributed by atoms with Crippen LogP contribution in [0.25, 0.3) is 0 Å². The second-order valence-corrected chi connectivity index (χ2v) is 7.25. The van der Waals surface area contributed by atoms with Crippen LogP contribution in [0.3, 0.4) is 0 Å². The Bertz CT molecular complexity index is 736. The molecule has 1 aromatic carbocycles. The molecule has 1 heterocycles. The molecule has 0 bridgehead atoms. The molecule has 0 aliphatic rings. The van der Waals surface area contributed by atoms with Gasteiger partial charge in [-0.05, 0) is 43.7 Å². The molecular formula is C15H17BrN2O3S. The molecule has 1 aromatic heterocycles. The van der Waals surface area contributed by atoms with E-state index in [2.05, 4.69) is 25.6 Å². The van der Waals surface area contributed by atoms with Gasteiger partial charge >= 0.3 is 0 Å². The zero-order valence-corrected chi connectivity index (χ0v) is 14.7. The van der Waals surface area contributed by atoms with E-state index in [1.165, 1.54) is 6.07 Å². The van der Waals surface area contributed by atoms with Crippen molar-refractivity contribution >= 4 is 26.0 Å². The molecule has 0 unspecified atom stereocenters.